The quantitative estimate of drug-likeness (QED) is 0.850. The predicted molar refractivity (Wildman–Crippen MR) is 68.2 cm³/mol. The van der Waals surface area contributed by atoms with E-state index in [-0.39, 0.29) is 11.4 Å². The Morgan fingerprint density at radius 3 is 2.56 bits per heavy atom. The standard InChI is InChI=1S/C14H21FO3/c1-10(16)11-5-6-13(12(15)9-11)18-8-7-14(2,3)17-4/h5-6,9-10,16H,7-8H2,1-4H3/t10-/m1/s1. The lowest BCUT2D eigenvalue weighted by atomic mass is 10.1. The van der Waals surface area contributed by atoms with Crippen LogP contribution in [0.4, 0.5) is 4.39 Å². The largest absolute Gasteiger partial charge is 0.490 e. The first-order valence-electron chi connectivity index (χ1n) is 6.01. The lowest BCUT2D eigenvalue weighted by molar-refractivity contribution is 0.00513. The van der Waals surface area contributed by atoms with Crippen molar-refractivity contribution in [3.05, 3.63) is 29.6 Å². The maximum absolute atomic E-state index is 13.6. The summed E-state index contributed by atoms with van der Waals surface area (Å²) in [5, 5.41) is 9.33. The molecule has 18 heavy (non-hydrogen) atoms. The number of benzene rings is 1. The lowest BCUT2D eigenvalue weighted by Gasteiger charge is -2.22. The molecule has 0 saturated heterocycles. The second-order valence-corrected chi connectivity index (χ2v) is 4.93. The highest BCUT2D eigenvalue weighted by molar-refractivity contribution is 5.30. The number of hydrogen-bond acceptors (Lipinski definition) is 3. The molecule has 3 nitrogen and oxygen atoms in total. The Kier molecular flexibility index (Phi) is 5.11. The van der Waals surface area contributed by atoms with E-state index in [1.54, 1.807) is 20.1 Å². The third-order valence-corrected chi connectivity index (χ3v) is 2.95. The van der Waals surface area contributed by atoms with Gasteiger partial charge in [0, 0.05) is 13.5 Å². The van der Waals surface area contributed by atoms with Gasteiger partial charge in [-0.15, -0.1) is 0 Å². The molecule has 0 aromatic heterocycles. The van der Waals surface area contributed by atoms with Crippen LogP contribution in [0.15, 0.2) is 18.2 Å². The molecule has 1 atom stereocenters. The smallest absolute Gasteiger partial charge is 0.165 e. The fourth-order valence-corrected chi connectivity index (χ4v) is 1.40. The van der Waals surface area contributed by atoms with E-state index in [4.69, 9.17) is 9.47 Å². The Morgan fingerprint density at radius 1 is 1.39 bits per heavy atom. The topological polar surface area (TPSA) is 38.7 Å². The van der Waals surface area contributed by atoms with E-state index in [0.29, 0.717) is 18.6 Å². The van der Waals surface area contributed by atoms with Gasteiger partial charge in [0.05, 0.1) is 18.3 Å². The van der Waals surface area contributed by atoms with E-state index >= 15 is 0 Å². The molecule has 0 amide bonds. The van der Waals surface area contributed by atoms with E-state index in [1.165, 1.54) is 12.1 Å². The molecule has 0 aliphatic heterocycles. The average Bonchev–Trinajstić information content (AvgIpc) is 2.31. The molecule has 1 aromatic rings. The molecule has 0 spiro atoms. The minimum atomic E-state index is -0.680. The van der Waals surface area contributed by atoms with Crippen molar-refractivity contribution >= 4 is 0 Å². The number of aliphatic hydroxyl groups is 1. The molecule has 0 aliphatic rings. The van der Waals surface area contributed by atoms with Crippen LogP contribution in [-0.4, -0.2) is 24.4 Å². The van der Waals surface area contributed by atoms with Gasteiger partial charge in [0.25, 0.3) is 0 Å². The second-order valence-electron chi connectivity index (χ2n) is 4.93. The van der Waals surface area contributed by atoms with Gasteiger partial charge >= 0.3 is 0 Å². The summed E-state index contributed by atoms with van der Waals surface area (Å²) in [5.74, 6) is -0.255. The van der Waals surface area contributed by atoms with Crippen molar-refractivity contribution in [2.75, 3.05) is 13.7 Å². The molecule has 4 heteroatoms. The van der Waals surface area contributed by atoms with Gasteiger partial charge in [-0.3, -0.25) is 0 Å². The van der Waals surface area contributed by atoms with Crippen LogP contribution in [0.2, 0.25) is 0 Å². The van der Waals surface area contributed by atoms with E-state index in [1.807, 2.05) is 13.8 Å². The van der Waals surface area contributed by atoms with Gasteiger partial charge in [0.15, 0.2) is 11.6 Å². The minimum Gasteiger partial charge on any atom is -0.490 e. The predicted octanol–water partition coefficient (Wildman–Crippen LogP) is 3.07. The molecule has 1 aromatic carbocycles. The van der Waals surface area contributed by atoms with Crippen LogP contribution in [0.1, 0.15) is 38.9 Å². The van der Waals surface area contributed by atoms with Gasteiger partial charge < -0.3 is 14.6 Å². The molecule has 0 heterocycles. The molecular formula is C14H21FO3. The van der Waals surface area contributed by atoms with Crippen LogP contribution < -0.4 is 4.74 Å². The van der Waals surface area contributed by atoms with Crippen LogP contribution in [0.25, 0.3) is 0 Å². The minimum absolute atomic E-state index is 0.200. The summed E-state index contributed by atoms with van der Waals surface area (Å²) in [6.07, 6.45) is -0.0119. The third-order valence-electron chi connectivity index (χ3n) is 2.95. The zero-order valence-electron chi connectivity index (χ0n) is 11.4. The Bertz CT molecular complexity index is 389. The highest BCUT2D eigenvalue weighted by Crippen LogP contribution is 2.23. The average molecular weight is 256 g/mol. The highest BCUT2D eigenvalue weighted by atomic mass is 19.1. The number of halogens is 1. The van der Waals surface area contributed by atoms with Crippen LogP contribution in [0.5, 0.6) is 5.75 Å². The van der Waals surface area contributed by atoms with Crippen molar-refractivity contribution < 1.29 is 19.0 Å². The summed E-state index contributed by atoms with van der Waals surface area (Å²) in [7, 11) is 1.64. The van der Waals surface area contributed by atoms with Crippen molar-refractivity contribution in [2.45, 2.75) is 38.9 Å². The van der Waals surface area contributed by atoms with Crippen LogP contribution in [0.3, 0.4) is 0 Å². The fraction of sp³-hybridized carbons (Fsp3) is 0.571. The molecule has 0 bridgehead atoms. The van der Waals surface area contributed by atoms with Gasteiger partial charge in [-0.05, 0) is 38.5 Å². The first-order chi connectivity index (χ1) is 8.35. The van der Waals surface area contributed by atoms with E-state index in [2.05, 4.69) is 0 Å². The number of methoxy groups -OCH3 is 1. The molecule has 0 radical (unpaired) electrons. The second kappa shape index (κ2) is 6.16. The summed E-state index contributed by atoms with van der Waals surface area (Å²) in [6.45, 7) is 5.87. The normalized spacial score (nSPS) is 13.4. The van der Waals surface area contributed by atoms with Crippen LogP contribution in [0, 0.1) is 5.82 Å². The summed E-state index contributed by atoms with van der Waals surface area (Å²) < 4.78 is 24.3. The lowest BCUT2D eigenvalue weighted by Crippen LogP contribution is -2.25. The highest BCUT2D eigenvalue weighted by Gasteiger charge is 2.16. The van der Waals surface area contributed by atoms with E-state index < -0.39 is 11.9 Å². The number of hydrogen-bond donors (Lipinski definition) is 1. The monoisotopic (exact) mass is 256 g/mol. The molecule has 0 unspecified atom stereocenters. The Balaban J connectivity index is 2.58. The zero-order valence-corrected chi connectivity index (χ0v) is 11.4. The van der Waals surface area contributed by atoms with Gasteiger partial charge in [-0.25, -0.2) is 4.39 Å². The van der Waals surface area contributed by atoms with Gasteiger partial charge in [0.1, 0.15) is 0 Å². The molecule has 1 rings (SSSR count). The molecule has 0 aliphatic carbocycles. The van der Waals surface area contributed by atoms with E-state index in [0.717, 1.165) is 0 Å². The van der Waals surface area contributed by atoms with Crippen LogP contribution >= 0.6 is 0 Å². The molecule has 0 fully saturated rings. The number of ether oxygens (including phenoxy) is 2. The molecule has 102 valence electrons. The van der Waals surface area contributed by atoms with Crippen LogP contribution in [-0.2, 0) is 4.74 Å². The Morgan fingerprint density at radius 2 is 2.06 bits per heavy atom. The summed E-state index contributed by atoms with van der Waals surface area (Å²) in [4.78, 5) is 0. The van der Waals surface area contributed by atoms with Crippen molar-refractivity contribution in [2.24, 2.45) is 0 Å². The molecular weight excluding hydrogens is 235 g/mol. The summed E-state index contributed by atoms with van der Waals surface area (Å²) >= 11 is 0. The zero-order chi connectivity index (χ0) is 13.8. The van der Waals surface area contributed by atoms with Gasteiger partial charge in [-0.1, -0.05) is 6.07 Å². The fourth-order valence-electron chi connectivity index (χ4n) is 1.40. The van der Waals surface area contributed by atoms with Gasteiger partial charge in [0.2, 0.25) is 0 Å². The van der Waals surface area contributed by atoms with Crippen molar-refractivity contribution in [3.8, 4) is 5.75 Å². The maximum atomic E-state index is 13.6. The van der Waals surface area contributed by atoms with E-state index in [9.17, 15) is 9.50 Å². The first kappa shape index (κ1) is 14.9. The number of rotatable bonds is 6. The Labute approximate surface area is 108 Å². The van der Waals surface area contributed by atoms with Crippen molar-refractivity contribution in [1.29, 1.82) is 0 Å². The third kappa shape index (κ3) is 4.27. The van der Waals surface area contributed by atoms with Crippen molar-refractivity contribution in [3.63, 3.8) is 0 Å². The summed E-state index contributed by atoms with van der Waals surface area (Å²) in [6, 6.07) is 4.49. The van der Waals surface area contributed by atoms with Gasteiger partial charge in [-0.2, -0.15) is 0 Å². The van der Waals surface area contributed by atoms with Crippen molar-refractivity contribution in [1.82, 2.24) is 0 Å². The maximum Gasteiger partial charge on any atom is 0.165 e. The molecule has 1 N–H and O–H groups in total. The Hall–Kier alpha value is -1.13. The summed E-state index contributed by atoms with van der Waals surface area (Å²) in [5.41, 5.74) is 0.257. The molecule has 0 saturated carbocycles. The first-order valence-corrected chi connectivity index (χ1v) is 6.01. The SMILES string of the molecule is COC(C)(C)CCOc1ccc([C@@H](C)O)cc1F. The number of aliphatic hydroxyl groups excluding tert-OH is 1.